The van der Waals surface area contributed by atoms with Crippen LogP contribution >= 0.6 is 22.9 Å². The van der Waals surface area contributed by atoms with Crippen molar-refractivity contribution in [1.82, 2.24) is 13.0 Å². The maximum atomic E-state index is 11.1. The van der Waals surface area contributed by atoms with E-state index in [1.54, 1.807) is 0 Å². The highest BCUT2D eigenvalue weighted by atomic mass is 127. The summed E-state index contributed by atoms with van der Waals surface area (Å²) >= 11 is 1.83. The van der Waals surface area contributed by atoms with Gasteiger partial charge in [-0.15, -0.1) is 7.99 Å². The van der Waals surface area contributed by atoms with Crippen LogP contribution in [-0.4, -0.2) is 13.0 Å². The van der Waals surface area contributed by atoms with Gasteiger partial charge in [-0.25, -0.2) is 4.79 Å². The monoisotopic (exact) mass is 287 g/mol. The Kier molecular flexibility index (Phi) is 2.17. The van der Waals surface area contributed by atoms with Crippen molar-refractivity contribution < 1.29 is 0 Å². The smallest absolute Gasteiger partial charge is 0.288 e. The molecule has 1 aromatic carbocycles. The molecule has 66 valence electrons. The lowest BCUT2D eigenvalue weighted by Crippen LogP contribution is -2.07. The molecule has 5 heteroatoms. The molecule has 1 heterocycles. The lowest BCUT2D eigenvalue weighted by molar-refractivity contribution is 1.02. The number of H-pyrrole nitrogens is 1. The summed E-state index contributed by atoms with van der Waals surface area (Å²) in [5.41, 5.74) is 0.703. The average molecular weight is 287 g/mol. The minimum atomic E-state index is -0.209. The Balaban J connectivity index is 2.54. The summed E-state index contributed by atoms with van der Waals surface area (Å²) in [7, 11) is 0. The molecule has 0 amide bonds. The maximum absolute atomic E-state index is 11.1. The number of nitrogens with one attached hydrogen (secondary N) is 1. The molecule has 0 fully saturated rings. The van der Waals surface area contributed by atoms with Gasteiger partial charge in [-0.2, -0.15) is 0 Å². The standard InChI is InChI=1S/C8H6IN3O/c9-12-8(13)10-7(11-12)6-4-2-1-3-5-6/h1-5H,(H,10,11,13). The van der Waals surface area contributed by atoms with Crippen molar-refractivity contribution in [3.8, 4) is 11.4 Å². The van der Waals surface area contributed by atoms with Gasteiger partial charge in [0, 0.05) is 5.56 Å². The van der Waals surface area contributed by atoms with Gasteiger partial charge in [0.25, 0.3) is 0 Å². The quantitative estimate of drug-likeness (QED) is 0.807. The number of aromatic amines is 1. The highest BCUT2D eigenvalue weighted by molar-refractivity contribution is 14.1. The minimum Gasteiger partial charge on any atom is -0.288 e. The van der Waals surface area contributed by atoms with E-state index in [4.69, 9.17) is 0 Å². The zero-order chi connectivity index (χ0) is 9.26. The van der Waals surface area contributed by atoms with Crippen molar-refractivity contribution in [2.45, 2.75) is 0 Å². The van der Waals surface area contributed by atoms with E-state index in [0.717, 1.165) is 5.56 Å². The van der Waals surface area contributed by atoms with E-state index in [2.05, 4.69) is 10.1 Å². The Morgan fingerprint density at radius 2 is 2.00 bits per heavy atom. The van der Waals surface area contributed by atoms with Gasteiger partial charge in [0.05, 0.1) is 22.9 Å². The first-order chi connectivity index (χ1) is 6.27. The summed E-state index contributed by atoms with van der Waals surface area (Å²) in [6.45, 7) is 0. The Morgan fingerprint density at radius 1 is 1.31 bits per heavy atom. The number of benzene rings is 1. The molecular weight excluding hydrogens is 281 g/mol. The van der Waals surface area contributed by atoms with E-state index in [-0.39, 0.29) is 5.69 Å². The van der Waals surface area contributed by atoms with Crippen LogP contribution in [-0.2, 0) is 0 Å². The van der Waals surface area contributed by atoms with Crippen LogP contribution in [0.25, 0.3) is 11.4 Å². The SMILES string of the molecule is O=c1[nH]c(-c2ccccc2)nn1I. The van der Waals surface area contributed by atoms with Gasteiger partial charge >= 0.3 is 5.69 Å². The Bertz CT molecular complexity index is 460. The van der Waals surface area contributed by atoms with Crippen molar-refractivity contribution in [2.75, 3.05) is 0 Å². The first-order valence-electron chi connectivity index (χ1n) is 3.68. The fraction of sp³-hybridized carbons (Fsp3) is 0. The first-order valence-corrected chi connectivity index (χ1v) is 4.65. The second-order valence-corrected chi connectivity index (χ2v) is 3.42. The minimum absolute atomic E-state index is 0.209. The average Bonchev–Trinajstić information content (AvgIpc) is 2.49. The molecule has 13 heavy (non-hydrogen) atoms. The third-order valence-corrected chi connectivity index (χ3v) is 2.28. The molecule has 2 aromatic rings. The van der Waals surface area contributed by atoms with Gasteiger partial charge < -0.3 is 0 Å². The molecule has 0 unspecified atom stereocenters. The molecule has 1 N–H and O–H groups in total. The molecule has 2 rings (SSSR count). The van der Waals surface area contributed by atoms with E-state index in [0.29, 0.717) is 5.82 Å². The van der Waals surface area contributed by atoms with Gasteiger partial charge in [0.2, 0.25) is 0 Å². The zero-order valence-corrected chi connectivity index (χ0v) is 8.72. The van der Waals surface area contributed by atoms with Gasteiger partial charge in [-0.1, -0.05) is 30.3 Å². The number of aromatic nitrogens is 3. The van der Waals surface area contributed by atoms with Gasteiger partial charge in [-0.3, -0.25) is 4.98 Å². The number of hydrogen-bond donors (Lipinski definition) is 1. The topological polar surface area (TPSA) is 50.7 Å². The fourth-order valence-electron chi connectivity index (χ4n) is 1.03. The van der Waals surface area contributed by atoms with Crippen LogP contribution in [0.2, 0.25) is 0 Å². The normalized spacial score (nSPS) is 10.2. The Labute approximate surface area is 88.1 Å². The fourth-order valence-corrected chi connectivity index (χ4v) is 1.37. The Morgan fingerprint density at radius 3 is 2.54 bits per heavy atom. The van der Waals surface area contributed by atoms with Crippen molar-refractivity contribution in [3.63, 3.8) is 0 Å². The molecule has 0 aliphatic rings. The molecular formula is C8H6IN3O. The largest absolute Gasteiger partial charge is 0.352 e. The third kappa shape index (κ3) is 1.64. The molecule has 0 aliphatic carbocycles. The van der Waals surface area contributed by atoms with Crippen LogP contribution in [0, 0.1) is 0 Å². The summed E-state index contributed by atoms with van der Waals surface area (Å²) in [6.07, 6.45) is 0. The van der Waals surface area contributed by atoms with E-state index < -0.39 is 0 Å². The zero-order valence-electron chi connectivity index (χ0n) is 6.57. The third-order valence-electron chi connectivity index (χ3n) is 1.63. The Hall–Kier alpha value is -1.11. The van der Waals surface area contributed by atoms with E-state index >= 15 is 0 Å². The van der Waals surface area contributed by atoms with Crippen molar-refractivity contribution in [2.24, 2.45) is 0 Å². The van der Waals surface area contributed by atoms with Gasteiger partial charge in [0.1, 0.15) is 0 Å². The predicted molar refractivity (Wildman–Crippen MR) is 57.7 cm³/mol. The maximum Gasteiger partial charge on any atom is 0.352 e. The van der Waals surface area contributed by atoms with Crippen LogP contribution < -0.4 is 5.69 Å². The van der Waals surface area contributed by atoms with Gasteiger partial charge in [0.15, 0.2) is 5.82 Å². The van der Waals surface area contributed by atoms with Crippen molar-refractivity contribution in [3.05, 3.63) is 40.8 Å². The number of rotatable bonds is 1. The summed E-state index contributed by atoms with van der Waals surface area (Å²) in [4.78, 5) is 13.7. The molecule has 0 saturated heterocycles. The highest BCUT2D eigenvalue weighted by Gasteiger charge is 2.03. The number of halogens is 1. The molecule has 0 saturated carbocycles. The molecule has 1 aromatic heterocycles. The highest BCUT2D eigenvalue weighted by Crippen LogP contribution is 2.11. The first kappa shape index (κ1) is 8.49. The summed E-state index contributed by atoms with van der Waals surface area (Å²) < 4.78 is 1.25. The van der Waals surface area contributed by atoms with Crippen LogP contribution in [0.15, 0.2) is 35.1 Å². The summed E-state index contributed by atoms with van der Waals surface area (Å²) in [6, 6.07) is 9.52. The molecule has 0 aliphatic heterocycles. The van der Waals surface area contributed by atoms with E-state index in [9.17, 15) is 4.79 Å². The van der Waals surface area contributed by atoms with Gasteiger partial charge in [-0.05, 0) is 0 Å². The second kappa shape index (κ2) is 3.33. The molecule has 0 atom stereocenters. The summed E-state index contributed by atoms with van der Waals surface area (Å²) in [5, 5.41) is 4.02. The molecule has 0 radical (unpaired) electrons. The van der Waals surface area contributed by atoms with Crippen LogP contribution in [0.4, 0.5) is 0 Å². The van der Waals surface area contributed by atoms with Crippen LogP contribution in [0.3, 0.4) is 0 Å². The molecule has 0 bridgehead atoms. The number of nitrogens with zero attached hydrogens (tertiary/aromatic N) is 2. The summed E-state index contributed by atoms with van der Waals surface area (Å²) in [5.74, 6) is 0.597. The van der Waals surface area contributed by atoms with Crippen molar-refractivity contribution in [1.29, 1.82) is 0 Å². The van der Waals surface area contributed by atoms with Crippen molar-refractivity contribution >= 4 is 22.9 Å². The number of hydrogen-bond acceptors (Lipinski definition) is 2. The van der Waals surface area contributed by atoms with Crippen LogP contribution in [0.5, 0.6) is 0 Å². The van der Waals surface area contributed by atoms with E-state index in [1.807, 2.05) is 53.2 Å². The van der Waals surface area contributed by atoms with Crippen LogP contribution in [0.1, 0.15) is 0 Å². The lowest BCUT2D eigenvalue weighted by atomic mass is 10.2. The molecule has 4 nitrogen and oxygen atoms in total. The lowest BCUT2D eigenvalue weighted by Gasteiger charge is -1.91. The molecule has 0 spiro atoms. The second-order valence-electron chi connectivity index (χ2n) is 2.50. The van der Waals surface area contributed by atoms with E-state index in [1.165, 1.54) is 2.90 Å². The predicted octanol–water partition coefficient (Wildman–Crippen LogP) is 1.44.